The first kappa shape index (κ1) is 27.0. The molecule has 0 saturated heterocycles. The Balaban J connectivity index is 0.000000253. The minimum atomic E-state index is -2.09. The molecule has 0 saturated carbocycles. The van der Waals surface area contributed by atoms with E-state index in [1.165, 1.54) is 47.8 Å². The zero-order valence-corrected chi connectivity index (χ0v) is 25.3. The Bertz CT molecular complexity index is 1630. The molecule has 1 radical (unpaired) electrons. The molecule has 9 heteroatoms. The Morgan fingerprint density at radius 2 is 1.39 bits per heavy atom. The van der Waals surface area contributed by atoms with Crippen molar-refractivity contribution in [2.24, 2.45) is 0 Å². The molecule has 0 spiro atoms. The Hall–Kier alpha value is -2.57. The van der Waals surface area contributed by atoms with Crippen molar-refractivity contribution in [1.82, 2.24) is 9.97 Å². The second-order valence-corrected chi connectivity index (χ2v) is 14.6. The molecular formula is C29H18IrN2O2PS3-. The van der Waals surface area contributed by atoms with E-state index in [1.54, 1.807) is 23.9 Å². The molecule has 38 heavy (non-hydrogen) atoms. The van der Waals surface area contributed by atoms with Crippen LogP contribution in [0.4, 0.5) is 0 Å². The number of aromatic carboxylic acids is 1. The summed E-state index contributed by atoms with van der Waals surface area (Å²) in [7, 11) is 0. The summed E-state index contributed by atoms with van der Waals surface area (Å²) < 4.78 is 0. The van der Waals surface area contributed by atoms with Crippen molar-refractivity contribution < 1.29 is 30.0 Å². The molecule has 0 bridgehead atoms. The van der Waals surface area contributed by atoms with Crippen molar-refractivity contribution in [3.8, 4) is 11.3 Å². The number of rotatable bonds is 2. The van der Waals surface area contributed by atoms with E-state index in [9.17, 15) is 4.79 Å². The molecule has 189 valence electrons. The van der Waals surface area contributed by atoms with Crippen molar-refractivity contribution in [2.75, 3.05) is 0 Å². The molecule has 2 aliphatic heterocycles. The molecule has 1 atom stereocenters. The Labute approximate surface area is 247 Å². The molecule has 1 unspecified atom stereocenters. The maximum atomic E-state index is 10.1. The van der Waals surface area contributed by atoms with E-state index in [4.69, 9.17) is 16.9 Å². The summed E-state index contributed by atoms with van der Waals surface area (Å²) in [6.07, 6.45) is 3.28. The number of benzene rings is 3. The molecular weight excluding hydrogens is 728 g/mol. The Kier molecular flexibility index (Phi) is 8.01. The van der Waals surface area contributed by atoms with Crippen molar-refractivity contribution in [3.05, 3.63) is 115 Å². The van der Waals surface area contributed by atoms with Crippen LogP contribution in [0.1, 0.15) is 10.5 Å². The summed E-state index contributed by atoms with van der Waals surface area (Å²) in [6, 6.07) is 31.9. The third kappa shape index (κ3) is 4.82. The number of fused-ring (bicyclic) bond motifs is 4. The third-order valence-electron chi connectivity index (χ3n) is 5.95. The number of carboxylic acid groups (broad SMARTS) is 1. The second-order valence-electron chi connectivity index (χ2n) is 8.21. The number of carboxylic acids is 1. The van der Waals surface area contributed by atoms with E-state index in [0.717, 1.165) is 11.3 Å². The van der Waals surface area contributed by atoms with Gasteiger partial charge in [-0.1, -0.05) is 81.5 Å². The molecule has 2 aromatic heterocycles. The fraction of sp³-hybridized carbons (Fsp3) is 0. The first-order valence-corrected chi connectivity index (χ1v) is 15.8. The van der Waals surface area contributed by atoms with Crippen LogP contribution in [0.3, 0.4) is 0 Å². The van der Waals surface area contributed by atoms with Crippen LogP contribution >= 0.6 is 29.6 Å². The SMILES string of the molecule is O=C(O)c1ccccn1.S=P12c3ccccc3Sc3[c-]c(-c4ccccn4)cc(c31)Sc1ccccc12.[Ir]. The van der Waals surface area contributed by atoms with E-state index < -0.39 is 12.0 Å². The average Bonchev–Trinajstić information content (AvgIpc) is 2.94. The standard InChI is InChI=1S/C23H13NPS3.C6H5NO2.Ir/c26-25-17-8-1-3-10-19(17)27-21-13-15(16-7-5-6-12-24-16)14-22(23(21)25)28-20-11-4-2-9-18(20)25;8-6(9)5-3-1-2-4-7-5;/h1-13H;1-4H,(H,8,9);/q-1;;. The molecule has 4 heterocycles. The largest absolute Gasteiger partial charge is 0.477 e. The number of aromatic nitrogens is 2. The van der Waals surface area contributed by atoms with Crippen LogP contribution in [-0.4, -0.2) is 21.0 Å². The number of nitrogens with zero attached hydrogens (tertiary/aromatic N) is 2. The molecule has 0 fully saturated rings. The van der Waals surface area contributed by atoms with Gasteiger partial charge in [-0.2, -0.15) is 0 Å². The van der Waals surface area contributed by atoms with Gasteiger partial charge in [0.25, 0.3) is 0 Å². The average molecular weight is 746 g/mol. The van der Waals surface area contributed by atoms with Gasteiger partial charge < -0.3 is 10.1 Å². The summed E-state index contributed by atoms with van der Waals surface area (Å²) in [4.78, 5) is 23.2. The molecule has 2 aliphatic rings. The van der Waals surface area contributed by atoms with E-state index in [1.807, 2.05) is 36.2 Å². The van der Waals surface area contributed by atoms with Gasteiger partial charge in [0.1, 0.15) is 5.69 Å². The van der Waals surface area contributed by atoms with Crippen molar-refractivity contribution in [1.29, 1.82) is 0 Å². The van der Waals surface area contributed by atoms with Crippen LogP contribution in [0, 0.1) is 6.07 Å². The van der Waals surface area contributed by atoms with Gasteiger partial charge >= 0.3 is 5.97 Å². The topological polar surface area (TPSA) is 63.1 Å². The summed E-state index contributed by atoms with van der Waals surface area (Å²) in [6.45, 7) is 0. The second kappa shape index (κ2) is 11.3. The molecule has 3 aromatic carbocycles. The Morgan fingerprint density at radius 1 is 0.789 bits per heavy atom. The van der Waals surface area contributed by atoms with Crippen molar-refractivity contribution >= 4 is 63.3 Å². The summed E-state index contributed by atoms with van der Waals surface area (Å²) in [5.74, 6) is -0.990. The predicted molar refractivity (Wildman–Crippen MR) is 154 cm³/mol. The molecule has 0 amide bonds. The van der Waals surface area contributed by atoms with E-state index in [-0.39, 0.29) is 25.8 Å². The van der Waals surface area contributed by atoms with Crippen LogP contribution in [0.2, 0.25) is 0 Å². The van der Waals surface area contributed by atoms with Gasteiger partial charge in [-0.3, -0.25) is 0 Å². The number of hydrogen-bond acceptors (Lipinski definition) is 6. The minimum Gasteiger partial charge on any atom is -0.477 e. The van der Waals surface area contributed by atoms with Crippen molar-refractivity contribution in [2.45, 2.75) is 19.6 Å². The first-order chi connectivity index (χ1) is 18.1. The summed E-state index contributed by atoms with van der Waals surface area (Å²) in [5, 5.41) is 12.3. The quantitative estimate of drug-likeness (QED) is 0.172. The number of carbonyl (C=O) groups is 1. The summed E-state index contributed by atoms with van der Waals surface area (Å²) in [5.41, 5.74) is 2.07. The van der Waals surface area contributed by atoms with E-state index in [2.05, 4.69) is 70.6 Å². The van der Waals surface area contributed by atoms with Crippen LogP contribution in [0.5, 0.6) is 0 Å². The number of pyridine rings is 2. The molecule has 1 N–H and O–H groups in total. The van der Waals surface area contributed by atoms with E-state index in [0.29, 0.717) is 0 Å². The van der Waals surface area contributed by atoms with Crippen LogP contribution in [0.15, 0.2) is 123 Å². The van der Waals surface area contributed by atoms with Crippen LogP contribution < -0.4 is 15.9 Å². The molecule has 7 rings (SSSR count). The van der Waals surface area contributed by atoms with Gasteiger partial charge in [0.15, 0.2) is 0 Å². The zero-order chi connectivity index (χ0) is 25.4. The first-order valence-electron chi connectivity index (χ1n) is 11.4. The van der Waals surface area contributed by atoms with Gasteiger partial charge in [-0.25, -0.2) is 9.78 Å². The van der Waals surface area contributed by atoms with Crippen LogP contribution in [0.25, 0.3) is 11.3 Å². The molecule has 4 nitrogen and oxygen atoms in total. The molecule has 5 aromatic rings. The predicted octanol–water partition coefficient (Wildman–Crippen LogP) is 6.01. The Morgan fingerprint density at radius 3 is 1.97 bits per heavy atom. The van der Waals surface area contributed by atoms with Gasteiger partial charge in [-0.15, -0.1) is 41.2 Å². The maximum absolute atomic E-state index is 10.1. The maximum Gasteiger partial charge on any atom is 0.354 e. The fourth-order valence-electron chi connectivity index (χ4n) is 4.33. The normalized spacial score (nSPS) is 15.9. The fourth-order valence-corrected chi connectivity index (χ4v) is 13.5. The minimum absolute atomic E-state index is 0. The van der Waals surface area contributed by atoms with Crippen molar-refractivity contribution in [3.63, 3.8) is 0 Å². The van der Waals surface area contributed by atoms with Gasteiger partial charge in [0.05, 0.1) is 0 Å². The third-order valence-corrected chi connectivity index (χ3v) is 13.7. The molecule has 0 aliphatic carbocycles. The van der Waals surface area contributed by atoms with E-state index >= 15 is 0 Å². The number of hydrogen-bond donors (Lipinski definition) is 1. The smallest absolute Gasteiger partial charge is 0.354 e. The van der Waals surface area contributed by atoms with Gasteiger partial charge in [0.2, 0.25) is 0 Å². The van der Waals surface area contributed by atoms with Gasteiger partial charge in [0, 0.05) is 48.3 Å². The van der Waals surface area contributed by atoms with Gasteiger partial charge in [-0.05, 0) is 46.6 Å². The monoisotopic (exact) mass is 746 g/mol. The zero-order valence-electron chi connectivity index (χ0n) is 19.6. The summed E-state index contributed by atoms with van der Waals surface area (Å²) >= 11 is 10.2. The van der Waals surface area contributed by atoms with Crippen LogP contribution in [-0.2, 0) is 31.9 Å².